The zero-order valence-corrected chi connectivity index (χ0v) is 11.1. The number of hydrogen-bond donors (Lipinski definition) is 1. The summed E-state index contributed by atoms with van der Waals surface area (Å²) < 4.78 is 0. The third kappa shape index (κ3) is 2.02. The highest BCUT2D eigenvalue weighted by molar-refractivity contribution is 5.02. The summed E-state index contributed by atoms with van der Waals surface area (Å²) in [6, 6.07) is 0. The van der Waals surface area contributed by atoms with Gasteiger partial charge in [-0.25, -0.2) is 0 Å². The fourth-order valence-electron chi connectivity index (χ4n) is 3.70. The molecule has 2 heteroatoms. The monoisotopic (exact) mass is 225 g/mol. The highest BCUT2D eigenvalue weighted by atomic mass is 16.3. The molecule has 0 aromatic carbocycles. The molecule has 0 spiro atoms. The van der Waals surface area contributed by atoms with Crippen molar-refractivity contribution in [3.8, 4) is 0 Å². The molecule has 2 nitrogen and oxygen atoms in total. The fraction of sp³-hybridized carbons (Fsp3) is 1.00. The lowest BCUT2D eigenvalue weighted by atomic mass is 9.65. The number of aliphatic hydroxyl groups excluding tert-OH is 1. The minimum Gasteiger partial charge on any atom is -0.391 e. The molecule has 0 radical (unpaired) electrons. The van der Waals surface area contributed by atoms with Crippen LogP contribution < -0.4 is 0 Å². The number of nitrogens with zero attached hydrogens (tertiary/aromatic N) is 1. The normalized spacial score (nSPS) is 38.4. The maximum Gasteiger partial charge on any atom is 0.0751 e. The molecule has 2 saturated carbocycles. The first kappa shape index (κ1) is 12.4. The van der Waals surface area contributed by atoms with E-state index < -0.39 is 0 Å². The van der Waals surface area contributed by atoms with Crippen LogP contribution in [0.3, 0.4) is 0 Å². The lowest BCUT2D eigenvalue weighted by molar-refractivity contribution is -0.0876. The van der Waals surface area contributed by atoms with Gasteiger partial charge in [0, 0.05) is 5.54 Å². The van der Waals surface area contributed by atoms with Crippen LogP contribution in [0.2, 0.25) is 0 Å². The summed E-state index contributed by atoms with van der Waals surface area (Å²) in [5, 5.41) is 10.7. The second kappa shape index (κ2) is 4.66. The molecule has 2 aliphatic rings. The van der Waals surface area contributed by atoms with Crippen molar-refractivity contribution in [3.05, 3.63) is 0 Å². The van der Waals surface area contributed by atoms with Crippen molar-refractivity contribution >= 4 is 0 Å². The standard InChI is InChI=1S/C14H27NO/c1-11-6-5-9-14(10-11,15(2)3)13(16)12-7-4-8-12/h11-13,16H,4-10H2,1-3H3. The van der Waals surface area contributed by atoms with E-state index >= 15 is 0 Å². The molecule has 16 heavy (non-hydrogen) atoms. The Kier molecular flexibility index (Phi) is 3.60. The Morgan fingerprint density at radius 3 is 2.31 bits per heavy atom. The zero-order valence-electron chi connectivity index (χ0n) is 11.1. The topological polar surface area (TPSA) is 23.5 Å². The number of likely N-dealkylation sites (N-methyl/N-ethyl adjacent to an activating group) is 1. The summed E-state index contributed by atoms with van der Waals surface area (Å²) in [5.41, 5.74) is 0.0722. The Morgan fingerprint density at radius 2 is 1.88 bits per heavy atom. The van der Waals surface area contributed by atoms with E-state index in [2.05, 4.69) is 25.9 Å². The molecular weight excluding hydrogens is 198 g/mol. The van der Waals surface area contributed by atoms with Crippen molar-refractivity contribution in [2.45, 2.75) is 63.5 Å². The SMILES string of the molecule is CC1CCCC(C(O)C2CCC2)(N(C)C)C1. The van der Waals surface area contributed by atoms with Gasteiger partial charge in [-0.1, -0.05) is 26.2 Å². The molecule has 0 amide bonds. The third-order valence-electron chi connectivity index (χ3n) is 5.05. The Balaban J connectivity index is 2.13. The highest BCUT2D eigenvalue weighted by Crippen LogP contribution is 2.44. The maximum absolute atomic E-state index is 10.7. The average Bonchev–Trinajstić information content (AvgIpc) is 2.14. The molecule has 94 valence electrons. The molecule has 3 atom stereocenters. The minimum atomic E-state index is -0.0981. The average molecular weight is 225 g/mol. The first-order chi connectivity index (χ1) is 7.56. The van der Waals surface area contributed by atoms with Crippen LogP contribution >= 0.6 is 0 Å². The number of hydrogen-bond acceptors (Lipinski definition) is 2. The van der Waals surface area contributed by atoms with Gasteiger partial charge in [-0.3, -0.25) is 0 Å². The minimum absolute atomic E-state index is 0.0722. The molecule has 2 rings (SSSR count). The lowest BCUT2D eigenvalue weighted by Gasteiger charge is -2.52. The van der Waals surface area contributed by atoms with Crippen LogP contribution in [0.25, 0.3) is 0 Å². The number of aliphatic hydroxyl groups is 1. The second-order valence-corrected chi connectivity index (χ2v) is 6.34. The number of rotatable bonds is 3. The molecule has 0 saturated heterocycles. The summed E-state index contributed by atoms with van der Waals surface area (Å²) in [5.74, 6) is 1.35. The molecule has 0 aromatic heterocycles. The zero-order chi connectivity index (χ0) is 11.8. The van der Waals surface area contributed by atoms with Gasteiger partial charge in [-0.15, -0.1) is 0 Å². The van der Waals surface area contributed by atoms with Crippen molar-refractivity contribution in [1.82, 2.24) is 4.90 Å². The lowest BCUT2D eigenvalue weighted by Crippen LogP contribution is -2.59. The van der Waals surface area contributed by atoms with Gasteiger partial charge < -0.3 is 10.0 Å². The summed E-state index contributed by atoms with van der Waals surface area (Å²) in [4.78, 5) is 2.31. The third-order valence-corrected chi connectivity index (χ3v) is 5.05. The van der Waals surface area contributed by atoms with Crippen LogP contribution in [-0.4, -0.2) is 35.7 Å². The second-order valence-electron chi connectivity index (χ2n) is 6.34. The van der Waals surface area contributed by atoms with Crippen molar-refractivity contribution < 1.29 is 5.11 Å². The smallest absolute Gasteiger partial charge is 0.0751 e. The van der Waals surface area contributed by atoms with Crippen LogP contribution in [0.15, 0.2) is 0 Å². The quantitative estimate of drug-likeness (QED) is 0.798. The Labute approximate surface area is 100 Å². The van der Waals surface area contributed by atoms with Crippen molar-refractivity contribution in [1.29, 1.82) is 0 Å². The summed E-state index contributed by atoms with van der Waals surface area (Å²) in [7, 11) is 4.31. The molecule has 0 aliphatic heterocycles. The maximum atomic E-state index is 10.7. The van der Waals surface area contributed by atoms with Gasteiger partial charge in [-0.2, -0.15) is 0 Å². The first-order valence-corrected chi connectivity index (χ1v) is 6.92. The predicted molar refractivity (Wildman–Crippen MR) is 67.4 cm³/mol. The van der Waals surface area contributed by atoms with Gasteiger partial charge in [0.25, 0.3) is 0 Å². The largest absolute Gasteiger partial charge is 0.391 e. The Hall–Kier alpha value is -0.0800. The van der Waals surface area contributed by atoms with E-state index in [9.17, 15) is 5.11 Å². The molecule has 0 aromatic rings. The van der Waals surface area contributed by atoms with Crippen LogP contribution in [0.5, 0.6) is 0 Å². The van der Waals surface area contributed by atoms with E-state index in [4.69, 9.17) is 0 Å². The van der Waals surface area contributed by atoms with E-state index in [0.29, 0.717) is 5.92 Å². The first-order valence-electron chi connectivity index (χ1n) is 6.92. The van der Waals surface area contributed by atoms with Gasteiger partial charge in [0.1, 0.15) is 0 Å². The highest BCUT2D eigenvalue weighted by Gasteiger charge is 2.47. The fourth-order valence-corrected chi connectivity index (χ4v) is 3.70. The van der Waals surface area contributed by atoms with Gasteiger partial charge in [-0.05, 0) is 51.6 Å². The van der Waals surface area contributed by atoms with Crippen molar-refractivity contribution in [3.63, 3.8) is 0 Å². The van der Waals surface area contributed by atoms with Crippen LogP contribution in [0.1, 0.15) is 51.9 Å². The van der Waals surface area contributed by atoms with Crippen LogP contribution in [-0.2, 0) is 0 Å². The molecule has 2 aliphatic carbocycles. The molecule has 2 fully saturated rings. The Bertz CT molecular complexity index is 237. The molecule has 3 unspecified atom stereocenters. The van der Waals surface area contributed by atoms with Crippen molar-refractivity contribution in [2.24, 2.45) is 11.8 Å². The molecule has 0 heterocycles. The summed E-state index contributed by atoms with van der Waals surface area (Å²) in [6.45, 7) is 2.34. The summed E-state index contributed by atoms with van der Waals surface area (Å²) in [6.07, 6.45) is 8.69. The van der Waals surface area contributed by atoms with E-state index in [1.807, 2.05) is 0 Å². The predicted octanol–water partition coefficient (Wildman–Crippen LogP) is 2.66. The van der Waals surface area contributed by atoms with E-state index in [1.54, 1.807) is 0 Å². The molecule has 0 bridgehead atoms. The Morgan fingerprint density at radius 1 is 1.19 bits per heavy atom. The summed E-state index contributed by atoms with van der Waals surface area (Å²) >= 11 is 0. The molecule has 1 N–H and O–H groups in total. The molecular formula is C14H27NO. The van der Waals surface area contributed by atoms with Gasteiger partial charge >= 0.3 is 0 Å². The van der Waals surface area contributed by atoms with E-state index in [0.717, 1.165) is 5.92 Å². The van der Waals surface area contributed by atoms with Gasteiger partial charge in [0.05, 0.1) is 6.10 Å². The van der Waals surface area contributed by atoms with Gasteiger partial charge in [0.2, 0.25) is 0 Å². The van der Waals surface area contributed by atoms with Crippen LogP contribution in [0, 0.1) is 11.8 Å². The van der Waals surface area contributed by atoms with Crippen molar-refractivity contribution in [2.75, 3.05) is 14.1 Å². The van der Waals surface area contributed by atoms with Gasteiger partial charge in [0.15, 0.2) is 0 Å². The van der Waals surface area contributed by atoms with E-state index in [1.165, 1.54) is 44.9 Å². The van der Waals surface area contributed by atoms with Crippen LogP contribution in [0.4, 0.5) is 0 Å². The van der Waals surface area contributed by atoms with E-state index in [-0.39, 0.29) is 11.6 Å².